The van der Waals surface area contributed by atoms with Gasteiger partial charge in [-0.25, -0.2) is 9.59 Å². The zero-order valence-corrected chi connectivity index (χ0v) is 14.6. The number of imide groups is 1. The van der Waals surface area contributed by atoms with Crippen LogP contribution in [-0.4, -0.2) is 48.0 Å². The molecule has 1 N–H and O–H groups in total. The molecule has 1 aliphatic carbocycles. The van der Waals surface area contributed by atoms with Crippen molar-refractivity contribution >= 4 is 23.9 Å². The van der Waals surface area contributed by atoms with E-state index in [0.717, 1.165) is 17.7 Å². The van der Waals surface area contributed by atoms with E-state index in [-0.39, 0.29) is 18.4 Å². The number of urea groups is 1. The van der Waals surface area contributed by atoms with Crippen molar-refractivity contribution in [3.63, 3.8) is 0 Å². The van der Waals surface area contributed by atoms with Crippen molar-refractivity contribution in [1.82, 2.24) is 10.2 Å². The Morgan fingerprint density at radius 1 is 1.23 bits per heavy atom. The van der Waals surface area contributed by atoms with Crippen LogP contribution in [-0.2, 0) is 25.7 Å². The SMILES string of the molecule is COC(=O)c1ccc(COC(=O)CN2C(=O)N[C@](C)(C3CC3)C2=O)cc1. The summed E-state index contributed by atoms with van der Waals surface area (Å²) < 4.78 is 9.74. The van der Waals surface area contributed by atoms with Gasteiger partial charge < -0.3 is 14.8 Å². The van der Waals surface area contributed by atoms with Crippen LogP contribution in [0.1, 0.15) is 35.7 Å². The minimum atomic E-state index is -0.916. The average Bonchev–Trinajstić information content (AvgIpc) is 3.46. The molecule has 1 heterocycles. The minimum absolute atomic E-state index is 0.0240. The summed E-state index contributed by atoms with van der Waals surface area (Å²) in [7, 11) is 1.29. The van der Waals surface area contributed by atoms with Gasteiger partial charge in [-0.1, -0.05) is 12.1 Å². The molecule has 0 bridgehead atoms. The molecule has 1 aromatic rings. The maximum atomic E-state index is 12.4. The van der Waals surface area contributed by atoms with Crippen LogP contribution in [0.25, 0.3) is 0 Å². The smallest absolute Gasteiger partial charge is 0.337 e. The van der Waals surface area contributed by atoms with E-state index in [1.165, 1.54) is 7.11 Å². The van der Waals surface area contributed by atoms with Crippen molar-refractivity contribution in [3.8, 4) is 0 Å². The number of methoxy groups -OCH3 is 1. The Hall–Kier alpha value is -2.90. The van der Waals surface area contributed by atoms with E-state index in [9.17, 15) is 19.2 Å². The molecule has 1 atom stereocenters. The molecular formula is C18H20N2O6. The van der Waals surface area contributed by atoms with Gasteiger partial charge in [-0.3, -0.25) is 14.5 Å². The summed E-state index contributed by atoms with van der Waals surface area (Å²) in [5.41, 5.74) is 0.147. The number of esters is 2. The Kier molecular flexibility index (Phi) is 4.67. The summed E-state index contributed by atoms with van der Waals surface area (Å²) in [5.74, 6) is -1.38. The van der Waals surface area contributed by atoms with Crippen molar-refractivity contribution in [2.75, 3.05) is 13.7 Å². The quantitative estimate of drug-likeness (QED) is 0.605. The summed E-state index contributed by atoms with van der Waals surface area (Å²) in [6.07, 6.45) is 1.78. The van der Waals surface area contributed by atoms with Crippen LogP contribution in [0.3, 0.4) is 0 Å². The number of benzene rings is 1. The van der Waals surface area contributed by atoms with Gasteiger partial charge in [0.15, 0.2) is 0 Å². The summed E-state index contributed by atoms with van der Waals surface area (Å²) in [4.78, 5) is 48.7. The molecule has 0 unspecified atom stereocenters. The number of ether oxygens (including phenoxy) is 2. The maximum Gasteiger partial charge on any atom is 0.337 e. The number of hydrogen-bond donors (Lipinski definition) is 1. The second-order valence-corrected chi connectivity index (χ2v) is 6.65. The molecular weight excluding hydrogens is 340 g/mol. The van der Waals surface area contributed by atoms with E-state index in [2.05, 4.69) is 10.1 Å². The molecule has 1 aliphatic heterocycles. The topological polar surface area (TPSA) is 102 Å². The first kappa shape index (κ1) is 17.9. The van der Waals surface area contributed by atoms with Gasteiger partial charge in [0.2, 0.25) is 0 Å². The van der Waals surface area contributed by atoms with Crippen LogP contribution in [0, 0.1) is 5.92 Å². The normalized spacial score (nSPS) is 22.2. The maximum absolute atomic E-state index is 12.4. The lowest BCUT2D eigenvalue weighted by Gasteiger charge is -2.20. The van der Waals surface area contributed by atoms with Gasteiger partial charge in [0, 0.05) is 0 Å². The monoisotopic (exact) mass is 360 g/mol. The molecule has 138 valence electrons. The van der Waals surface area contributed by atoms with E-state index in [4.69, 9.17) is 4.74 Å². The molecule has 8 nitrogen and oxygen atoms in total. The van der Waals surface area contributed by atoms with Gasteiger partial charge in [0.1, 0.15) is 18.7 Å². The van der Waals surface area contributed by atoms with E-state index in [1.54, 1.807) is 31.2 Å². The molecule has 0 radical (unpaired) electrons. The number of carbonyl (C=O) groups excluding carboxylic acids is 4. The molecule has 3 rings (SSSR count). The predicted molar refractivity (Wildman–Crippen MR) is 89.0 cm³/mol. The Morgan fingerprint density at radius 2 is 1.88 bits per heavy atom. The van der Waals surface area contributed by atoms with Crippen molar-refractivity contribution < 1.29 is 28.7 Å². The number of nitrogens with one attached hydrogen (secondary N) is 1. The molecule has 3 amide bonds. The number of carbonyl (C=O) groups is 4. The highest BCUT2D eigenvalue weighted by molar-refractivity contribution is 6.08. The molecule has 2 fully saturated rings. The molecule has 1 saturated heterocycles. The molecule has 1 aromatic carbocycles. The van der Waals surface area contributed by atoms with Crippen LogP contribution in [0.4, 0.5) is 4.79 Å². The van der Waals surface area contributed by atoms with E-state index in [1.807, 2.05) is 0 Å². The lowest BCUT2D eigenvalue weighted by atomic mass is 9.96. The van der Waals surface area contributed by atoms with Crippen molar-refractivity contribution in [2.24, 2.45) is 5.92 Å². The van der Waals surface area contributed by atoms with Gasteiger partial charge in [-0.2, -0.15) is 0 Å². The third kappa shape index (κ3) is 3.40. The van der Waals surface area contributed by atoms with Crippen molar-refractivity contribution in [2.45, 2.75) is 31.9 Å². The Balaban J connectivity index is 1.53. The lowest BCUT2D eigenvalue weighted by Crippen LogP contribution is -2.46. The summed E-state index contributed by atoms with van der Waals surface area (Å²) in [5, 5.41) is 2.68. The number of rotatable bonds is 6. The Bertz CT molecular complexity index is 755. The van der Waals surface area contributed by atoms with Crippen molar-refractivity contribution in [1.29, 1.82) is 0 Å². The van der Waals surface area contributed by atoms with Crippen LogP contribution < -0.4 is 5.32 Å². The van der Waals surface area contributed by atoms with E-state index < -0.39 is 30.1 Å². The van der Waals surface area contributed by atoms with Crippen LogP contribution in [0.15, 0.2) is 24.3 Å². The molecule has 2 aliphatic rings. The number of amides is 3. The first-order chi connectivity index (χ1) is 12.3. The fraction of sp³-hybridized carbons (Fsp3) is 0.444. The molecule has 26 heavy (non-hydrogen) atoms. The van der Waals surface area contributed by atoms with Crippen molar-refractivity contribution in [3.05, 3.63) is 35.4 Å². The average molecular weight is 360 g/mol. The van der Waals surface area contributed by atoms with E-state index in [0.29, 0.717) is 11.1 Å². The third-order valence-electron chi connectivity index (χ3n) is 4.76. The van der Waals surface area contributed by atoms with Crippen LogP contribution in [0.2, 0.25) is 0 Å². The molecule has 0 aromatic heterocycles. The Morgan fingerprint density at radius 3 is 2.46 bits per heavy atom. The first-order valence-electron chi connectivity index (χ1n) is 8.32. The number of hydrogen-bond acceptors (Lipinski definition) is 6. The molecule has 8 heteroatoms. The zero-order chi connectivity index (χ0) is 18.9. The van der Waals surface area contributed by atoms with Crippen LogP contribution >= 0.6 is 0 Å². The van der Waals surface area contributed by atoms with E-state index >= 15 is 0 Å². The fourth-order valence-corrected chi connectivity index (χ4v) is 2.99. The molecule has 0 spiro atoms. The van der Waals surface area contributed by atoms with Gasteiger partial charge in [-0.05, 0) is 43.4 Å². The highest BCUT2D eigenvalue weighted by atomic mass is 16.5. The largest absolute Gasteiger partial charge is 0.465 e. The second kappa shape index (κ2) is 6.78. The first-order valence-corrected chi connectivity index (χ1v) is 8.32. The summed E-state index contributed by atoms with van der Waals surface area (Å²) in [6.45, 7) is 1.25. The predicted octanol–water partition coefficient (Wildman–Crippen LogP) is 1.24. The van der Waals surface area contributed by atoms with Gasteiger partial charge >= 0.3 is 18.0 Å². The standard InChI is InChI=1S/C18H20N2O6/c1-18(13-7-8-13)16(23)20(17(24)19-18)9-14(21)26-10-11-3-5-12(6-4-11)15(22)25-2/h3-6,13H,7-10H2,1-2H3,(H,19,24)/t18-/m1/s1. The zero-order valence-electron chi connectivity index (χ0n) is 14.6. The summed E-state index contributed by atoms with van der Waals surface area (Å²) >= 11 is 0. The highest BCUT2D eigenvalue weighted by Gasteiger charge is 2.56. The highest BCUT2D eigenvalue weighted by Crippen LogP contribution is 2.42. The molecule has 1 saturated carbocycles. The second-order valence-electron chi connectivity index (χ2n) is 6.65. The number of nitrogens with zero attached hydrogens (tertiary/aromatic N) is 1. The van der Waals surface area contributed by atoms with Gasteiger partial charge in [0.25, 0.3) is 5.91 Å². The fourth-order valence-electron chi connectivity index (χ4n) is 2.99. The van der Waals surface area contributed by atoms with Crippen LogP contribution in [0.5, 0.6) is 0 Å². The summed E-state index contributed by atoms with van der Waals surface area (Å²) in [6, 6.07) is 5.83. The van der Waals surface area contributed by atoms with Gasteiger partial charge in [-0.15, -0.1) is 0 Å². The third-order valence-corrected chi connectivity index (χ3v) is 4.76. The lowest BCUT2D eigenvalue weighted by molar-refractivity contribution is -0.148. The minimum Gasteiger partial charge on any atom is -0.465 e. The Labute approximate surface area is 150 Å². The van der Waals surface area contributed by atoms with Gasteiger partial charge in [0.05, 0.1) is 12.7 Å².